The van der Waals surface area contributed by atoms with Crippen molar-refractivity contribution in [3.8, 4) is 0 Å². The molecule has 0 aliphatic rings. The molecule has 4 aromatic rings. The van der Waals surface area contributed by atoms with Crippen LogP contribution >= 0.6 is 0 Å². The summed E-state index contributed by atoms with van der Waals surface area (Å²) in [5.41, 5.74) is 3.31. The van der Waals surface area contributed by atoms with Gasteiger partial charge in [-0.15, -0.1) is 5.10 Å². The second kappa shape index (κ2) is 11.6. The van der Waals surface area contributed by atoms with Crippen LogP contribution in [0.15, 0.2) is 71.3 Å². The highest BCUT2D eigenvalue weighted by molar-refractivity contribution is 5.89. The van der Waals surface area contributed by atoms with E-state index in [1.165, 1.54) is 0 Å². The van der Waals surface area contributed by atoms with E-state index >= 15 is 0 Å². The third kappa shape index (κ3) is 5.80. The second-order valence-corrected chi connectivity index (χ2v) is 8.84. The number of hydrogen-bond donors (Lipinski definition) is 1. The van der Waals surface area contributed by atoms with Crippen molar-refractivity contribution in [3.63, 3.8) is 0 Å². The largest absolute Gasteiger partial charge is 0.467 e. The highest BCUT2D eigenvalue weighted by Crippen LogP contribution is 2.25. The van der Waals surface area contributed by atoms with Crippen LogP contribution in [0.3, 0.4) is 0 Å². The van der Waals surface area contributed by atoms with Gasteiger partial charge in [-0.2, -0.15) is 0 Å². The number of nitrogens with one attached hydrogen (secondary N) is 1. The Morgan fingerprint density at radius 2 is 1.81 bits per heavy atom. The van der Waals surface area contributed by atoms with E-state index in [-0.39, 0.29) is 38.1 Å². The zero-order valence-corrected chi connectivity index (χ0v) is 20.8. The number of amides is 2. The molecule has 1 N–H and O–H groups in total. The van der Waals surface area contributed by atoms with Crippen LogP contribution in [0.2, 0.25) is 0 Å². The Labute approximate surface area is 210 Å². The molecule has 4 rings (SSSR count). The summed E-state index contributed by atoms with van der Waals surface area (Å²) in [7, 11) is 1.57. The van der Waals surface area contributed by atoms with Gasteiger partial charge in [-0.05, 0) is 41.3 Å². The van der Waals surface area contributed by atoms with E-state index in [2.05, 4.69) is 29.5 Å². The number of carbonyl (C=O) groups is 2. The zero-order chi connectivity index (χ0) is 25.5. The minimum atomic E-state index is -0.862. The highest BCUT2D eigenvalue weighted by atomic mass is 16.5. The maximum atomic E-state index is 13.7. The lowest BCUT2D eigenvalue weighted by molar-refractivity contribution is -0.142. The van der Waals surface area contributed by atoms with Crippen molar-refractivity contribution in [2.45, 2.75) is 38.9 Å². The van der Waals surface area contributed by atoms with Crippen LogP contribution in [0.5, 0.6) is 0 Å². The van der Waals surface area contributed by atoms with Crippen LogP contribution in [-0.2, 0) is 27.4 Å². The van der Waals surface area contributed by atoms with Gasteiger partial charge in [0.25, 0.3) is 0 Å². The predicted octanol–water partition coefficient (Wildman–Crippen LogP) is 3.68. The van der Waals surface area contributed by atoms with Gasteiger partial charge in [-0.25, -0.2) is 4.68 Å². The fraction of sp³-hybridized carbons (Fsp3) is 0.333. The van der Waals surface area contributed by atoms with E-state index in [9.17, 15) is 9.59 Å². The Bertz CT molecular complexity index is 1280. The normalized spacial score (nSPS) is 12.1. The van der Waals surface area contributed by atoms with Gasteiger partial charge in [0.2, 0.25) is 11.8 Å². The molecule has 188 valence electrons. The molecule has 0 saturated heterocycles. The number of para-hydroxylation sites is 1. The van der Waals surface area contributed by atoms with Crippen LogP contribution in [0.4, 0.5) is 0 Å². The average Bonchev–Trinajstić information content (AvgIpc) is 3.55. The molecule has 2 aromatic carbocycles. The van der Waals surface area contributed by atoms with Crippen LogP contribution in [0.25, 0.3) is 11.0 Å². The van der Waals surface area contributed by atoms with Crippen molar-refractivity contribution in [1.82, 2.24) is 25.2 Å². The fourth-order valence-corrected chi connectivity index (χ4v) is 4.06. The van der Waals surface area contributed by atoms with E-state index in [1.54, 1.807) is 35.1 Å². The van der Waals surface area contributed by atoms with Gasteiger partial charge in [0.05, 0.1) is 24.9 Å². The molecular formula is C27H31N5O4. The first-order chi connectivity index (χ1) is 17.5. The van der Waals surface area contributed by atoms with Crippen molar-refractivity contribution in [2.75, 3.05) is 20.3 Å². The summed E-state index contributed by atoms with van der Waals surface area (Å²) in [6, 6.07) is 17.9. The standard InChI is InChI=1S/C27H31N5O4/c1-19(2)20-10-12-21(13-11-20)26(27(34)28-17-22-7-6-15-36-22)31(14-16-35-3)25(33)18-32-24-9-5-4-8-23(24)29-30-32/h4-13,15,19,26H,14,16-18H2,1-3H3,(H,28,34)/t26-/m1/s1. The number of aromatic nitrogens is 3. The van der Waals surface area contributed by atoms with Crippen LogP contribution in [-0.4, -0.2) is 52.0 Å². The molecule has 0 aliphatic heterocycles. The molecule has 9 nitrogen and oxygen atoms in total. The van der Waals surface area contributed by atoms with Gasteiger partial charge in [-0.3, -0.25) is 9.59 Å². The van der Waals surface area contributed by atoms with Gasteiger partial charge < -0.3 is 19.4 Å². The van der Waals surface area contributed by atoms with Gasteiger partial charge in [-0.1, -0.05) is 55.5 Å². The number of carbonyl (C=O) groups excluding carboxylic acids is 2. The number of fused-ring (bicyclic) bond motifs is 1. The van der Waals surface area contributed by atoms with Crippen molar-refractivity contribution in [3.05, 3.63) is 83.8 Å². The molecule has 2 aromatic heterocycles. The van der Waals surface area contributed by atoms with Crippen molar-refractivity contribution in [1.29, 1.82) is 0 Å². The van der Waals surface area contributed by atoms with Crippen LogP contribution < -0.4 is 5.32 Å². The van der Waals surface area contributed by atoms with Crippen LogP contribution in [0.1, 0.15) is 42.7 Å². The van der Waals surface area contributed by atoms with Crippen LogP contribution in [0, 0.1) is 0 Å². The summed E-state index contributed by atoms with van der Waals surface area (Å²) in [6.45, 7) is 4.88. The van der Waals surface area contributed by atoms with Crippen molar-refractivity contribution in [2.24, 2.45) is 0 Å². The Kier molecular flexibility index (Phi) is 8.12. The summed E-state index contributed by atoms with van der Waals surface area (Å²) < 4.78 is 12.2. The van der Waals surface area contributed by atoms with Gasteiger partial charge in [0.15, 0.2) is 0 Å². The predicted molar refractivity (Wildman–Crippen MR) is 135 cm³/mol. The minimum absolute atomic E-state index is 0.0593. The number of nitrogens with zero attached hydrogens (tertiary/aromatic N) is 4. The van der Waals surface area contributed by atoms with Gasteiger partial charge in [0.1, 0.15) is 23.9 Å². The maximum Gasteiger partial charge on any atom is 0.247 e. The third-order valence-corrected chi connectivity index (χ3v) is 6.06. The molecule has 9 heteroatoms. The Balaban J connectivity index is 1.65. The molecule has 36 heavy (non-hydrogen) atoms. The lowest BCUT2D eigenvalue weighted by Crippen LogP contribution is -2.46. The number of ether oxygens (including phenoxy) is 1. The Morgan fingerprint density at radius 1 is 1.06 bits per heavy atom. The molecule has 2 heterocycles. The Hall–Kier alpha value is -3.98. The minimum Gasteiger partial charge on any atom is -0.467 e. The number of furan rings is 1. The SMILES string of the molecule is COCCN(C(=O)Cn1nnc2ccccc21)[C@@H](C(=O)NCc1ccco1)c1ccc(C(C)C)cc1. The zero-order valence-electron chi connectivity index (χ0n) is 20.8. The topological polar surface area (TPSA) is 102 Å². The lowest BCUT2D eigenvalue weighted by atomic mass is 9.97. The van der Waals surface area contributed by atoms with E-state index in [0.717, 1.165) is 11.1 Å². The molecule has 1 atom stereocenters. The second-order valence-electron chi connectivity index (χ2n) is 8.84. The number of methoxy groups -OCH3 is 1. The van der Waals surface area contributed by atoms with Gasteiger partial charge >= 0.3 is 0 Å². The number of hydrogen-bond acceptors (Lipinski definition) is 6. The Morgan fingerprint density at radius 3 is 2.50 bits per heavy atom. The van der Waals surface area contributed by atoms with E-state index in [1.807, 2.05) is 48.5 Å². The van der Waals surface area contributed by atoms with Crippen molar-refractivity contribution >= 4 is 22.8 Å². The summed E-state index contributed by atoms with van der Waals surface area (Å²) in [6.07, 6.45) is 1.56. The quantitative estimate of drug-likeness (QED) is 0.345. The first kappa shape index (κ1) is 25.1. The summed E-state index contributed by atoms with van der Waals surface area (Å²) in [5.74, 6) is 0.392. The molecule has 0 spiro atoms. The van der Waals surface area contributed by atoms with E-state index < -0.39 is 6.04 Å². The molecule has 0 saturated carbocycles. The average molecular weight is 490 g/mol. The summed E-state index contributed by atoms with van der Waals surface area (Å²) >= 11 is 0. The van der Waals surface area contributed by atoms with Gasteiger partial charge in [0, 0.05) is 13.7 Å². The molecule has 2 amide bonds. The molecule has 0 radical (unpaired) electrons. The molecule has 0 fully saturated rings. The first-order valence-electron chi connectivity index (χ1n) is 11.9. The molecular weight excluding hydrogens is 458 g/mol. The summed E-state index contributed by atoms with van der Waals surface area (Å²) in [5, 5.41) is 11.2. The molecule has 0 aliphatic carbocycles. The lowest BCUT2D eigenvalue weighted by Gasteiger charge is -2.31. The number of benzene rings is 2. The highest BCUT2D eigenvalue weighted by Gasteiger charge is 2.32. The molecule has 0 unspecified atom stereocenters. The maximum absolute atomic E-state index is 13.7. The fourth-order valence-electron chi connectivity index (χ4n) is 4.06. The third-order valence-electron chi connectivity index (χ3n) is 6.06. The van der Waals surface area contributed by atoms with E-state index in [0.29, 0.717) is 22.8 Å². The first-order valence-corrected chi connectivity index (χ1v) is 11.9. The van der Waals surface area contributed by atoms with Crippen molar-refractivity contribution < 1.29 is 18.7 Å². The van der Waals surface area contributed by atoms with E-state index in [4.69, 9.17) is 9.15 Å². The monoisotopic (exact) mass is 489 g/mol. The number of rotatable bonds is 11. The smallest absolute Gasteiger partial charge is 0.247 e. The summed E-state index contributed by atoms with van der Waals surface area (Å²) in [4.78, 5) is 28.8. The molecule has 0 bridgehead atoms.